The predicted molar refractivity (Wildman–Crippen MR) is 82.8 cm³/mol. The highest BCUT2D eigenvalue weighted by Crippen LogP contribution is 2.25. The second-order valence-corrected chi connectivity index (χ2v) is 5.08. The summed E-state index contributed by atoms with van der Waals surface area (Å²) in [4.78, 5) is 11.9. The van der Waals surface area contributed by atoms with E-state index in [1.165, 1.54) is 12.1 Å². The number of carbonyl (C=O) groups is 1. The number of anilines is 1. The van der Waals surface area contributed by atoms with Crippen LogP contribution in [-0.2, 0) is 4.79 Å². The third kappa shape index (κ3) is 4.24. The van der Waals surface area contributed by atoms with Crippen molar-refractivity contribution in [1.82, 2.24) is 0 Å². The molecule has 0 heterocycles. The minimum absolute atomic E-state index is 0.0510. The summed E-state index contributed by atoms with van der Waals surface area (Å²) in [6.45, 7) is 4.11. The summed E-state index contributed by atoms with van der Waals surface area (Å²) < 4.78 is 5.59. The predicted octanol–water partition coefficient (Wildman–Crippen LogP) is 3.53. The van der Waals surface area contributed by atoms with Gasteiger partial charge in [-0.2, -0.15) is 0 Å². The molecular formula is C17H19NO3. The number of phenols is 1. The molecule has 0 aliphatic rings. The minimum Gasteiger partial charge on any atom is -0.508 e. The zero-order valence-electron chi connectivity index (χ0n) is 12.2. The van der Waals surface area contributed by atoms with E-state index in [-0.39, 0.29) is 18.3 Å². The Morgan fingerprint density at radius 3 is 2.48 bits per heavy atom. The molecule has 0 spiro atoms. The van der Waals surface area contributed by atoms with Crippen molar-refractivity contribution in [3.8, 4) is 11.5 Å². The molecule has 2 aromatic rings. The first-order valence-electron chi connectivity index (χ1n) is 6.87. The Bertz CT molecular complexity index is 606. The van der Waals surface area contributed by atoms with Crippen LogP contribution in [0.25, 0.3) is 0 Å². The van der Waals surface area contributed by atoms with E-state index in [9.17, 15) is 9.90 Å². The van der Waals surface area contributed by atoms with Crippen LogP contribution in [-0.4, -0.2) is 17.6 Å². The number of aromatic hydroxyl groups is 1. The molecule has 0 aliphatic heterocycles. The van der Waals surface area contributed by atoms with Gasteiger partial charge in [0.25, 0.3) is 5.91 Å². The number of rotatable bonds is 5. The standard InChI is InChI=1S/C17H19NO3/c1-12(2)15-5-3-4-6-16(15)21-11-17(20)18-13-7-9-14(19)10-8-13/h3-10,12,19H,11H2,1-2H3,(H,18,20). The Balaban J connectivity index is 1.94. The van der Waals surface area contributed by atoms with Crippen molar-refractivity contribution >= 4 is 11.6 Å². The van der Waals surface area contributed by atoms with Gasteiger partial charge in [0.1, 0.15) is 11.5 Å². The number of nitrogens with one attached hydrogen (secondary N) is 1. The highest BCUT2D eigenvalue weighted by molar-refractivity contribution is 5.91. The van der Waals surface area contributed by atoms with E-state index in [1.54, 1.807) is 12.1 Å². The molecule has 4 nitrogen and oxygen atoms in total. The average molecular weight is 285 g/mol. The largest absolute Gasteiger partial charge is 0.508 e. The quantitative estimate of drug-likeness (QED) is 0.826. The fourth-order valence-corrected chi connectivity index (χ4v) is 1.97. The summed E-state index contributed by atoms with van der Waals surface area (Å²) in [6.07, 6.45) is 0. The van der Waals surface area contributed by atoms with Crippen LogP contribution in [0.15, 0.2) is 48.5 Å². The lowest BCUT2D eigenvalue weighted by atomic mass is 10.0. The molecule has 0 saturated carbocycles. The molecule has 0 atom stereocenters. The number of carbonyl (C=O) groups excluding carboxylic acids is 1. The van der Waals surface area contributed by atoms with Crippen molar-refractivity contribution in [2.45, 2.75) is 19.8 Å². The molecule has 0 unspecified atom stereocenters. The van der Waals surface area contributed by atoms with E-state index in [2.05, 4.69) is 19.2 Å². The van der Waals surface area contributed by atoms with Crippen LogP contribution >= 0.6 is 0 Å². The molecule has 21 heavy (non-hydrogen) atoms. The zero-order chi connectivity index (χ0) is 15.2. The molecule has 0 fully saturated rings. The third-order valence-electron chi connectivity index (χ3n) is 3.05. The van der Waals surface area contributed by atoms with Gasteiger partial charge in [0.15, 0.2) is 6.61 Å². The molecule has 1 amide bonds. The third-order valence-corrected chi connectivity index (χ3v) is 3.05. The van der Waals surface area contributed by atoms with Crippen LogP contribution in [0.2, 0.25) is 0 Å². The number of hydrogen-bond donors (Lipinski definition) is 2. The number of hydrogen-bond acceptors (Lipinski definition) is 3. The van der Waals surface area contributed by atoms with Gasteiger partial charge in [0.05, 0.1) is 0 Å². The topological polar surface area (TPSA) is 58.6 Å². The lowest BCUT2D eigenvalue weighted by molar-refractivity contribution is -0.118. The summed E-state index contributed by atoms with van der Waals surface area (Å²) in [5.74, 6) is 0.990. The molecule has 2 rings (SSSR count). The van der Waals surface area contributed by atoms with Crippen molar-refractivity contribution in [1.29, 1.82) is 0 Å². The van der Waals surface area contributed by atoms with E-state index in [1.807, 2.05) is 24.3 Å². The Kier molecular flexibility index (Phi) is 4.82. The Morgan fingerprint density at radius 1 is 1.14 bits per heavy atom. The second-order valence-electron chi connectivity index (χ2n) is 5.08. The Hall–Kier alpha value is -2.49. The van der Waals surface area contributed by atoms with Crippen LogP contribution in [0, 0.1) is 0 Å². The van der Waals surface area contributed by atoms with Gasteiger partial charge in [-0.15, -0.1) is 0 Å². The molecule has 0 bridgehead atoms. The molecule has 4 heteroatoms. The molecular weight excluding hydrogens is 266 g/mol. The van der Waals surface area contributed by atoms with E-state index >= 15 is 0 Å². The monoisotopic (exact) mass is 285 g/mol. The first kappa shape index (κ1) is 14.9. The number of amides is 1. The lowest BCUT2D eigenvalue weighted by Crippen LogP contribution is -2.20. The average Bonchev–Trinajstić information content (AvgIpc) is 2.48. The Morgan fingerprint density at radius 2 is 1.81 bits per heavy atom. The second kappa shape index (κ2) is 6.79. The maximum Gasteiger partial charge on any atom is 0.262 e. The smallest absolute Gasteiger partial charge is 0.262 e. The van der Waals surface area contributed by atoms with Gasteiger partial charge in [-0.05, 0) is 41.8 Å². The van der Waals surface area contributed by atoms with Gasteiger partial charge < -0.3 is 15.2 Å². The van der Waals surface area contributed by atoms with Crippen LogP contribution in [0.5, 0.6) is 11.5 Å². The number of ether oxygens (including phenoxy) is 1. The van der Waals surface area contributed by atoms with Crippen molar-refractivity contribution in [2.24, 2.45) is 0 Å². The van der Waals surface area contributed by atoms with Crippen molar-refractivity contribution in [3.63, 3.8) is 0 Å². The van der Waals surface area contributed by atoms with Gasteiger partial charge in [0.2, 0.25) is 0 Å². The molecule has 2 N–H and O–H groups in total. The molecule has 0 aliphatic carbocycles. The van der Waals surface area contributed by atoms with E-state index in [4.69, 9.17) is 4.74 Å². The fraction of sp³-hybridized carbons (Fsp3) is 0.235. The van der Waals surface area contributed by atoms with Gasteiger partial charge in [0, 0.05) is 5.69 Å². The van der Waals surface area contributed by atoms with Crippen LogP contribution in [0.1, 0.15) is 25.3 Å². The summed E-state index contributed by atoms with van der Waals surface area (Å²) in [5.41, 5.74) is 1.70. The summed E-state index contributed by atoms with van der Waals surface area (Å²) in [6, 6.07) is 14.0. The van der Waals surface area contributed by atoms with E-state index in [0.29, 0.717) is 11.6 Å². The number of benzene rings is 2. The van der Waals surface area contributed by atoms with E-state index < -0.39 is 0 Å². The van der Waals surface area contributed by atoms with Crippen molar-refractivity contribution < 1.29 is 14.6 Å². The molecule has 0 aromatic heterocycles. The van der Waals surface area contributed by atoms with Crippen LogP contribution < -0.4 is 10.1 Å². The summed E-state index contributed by atoms with van der Waals surface area (Å²) in [7, 11) is 0. The first-order chi connectivity index (χ1) is 10.1. The number of phenolic OH excluding ortho intramolecular Hbond substituents is 1. The minimum atomic E-state index is -0.237. The molecule has 0 saturated heterocycles. The highest BCUT2D eigenvalue weighted by Gasteiger charge is 2.09. The van der Waals surface area contributed by atoms with Crippen LogP contribution in [0.4, 0.5) is 5.69 Å². The summed E-state index contributed by atoms with van der Waals surface area (Å²) in [5, 5.41) is 11.9. The van der Waals surface area contributed by atoms with Crippen molar-refractivity contribution in [2.75, 3.05) is 11.9 Å². The van der Waals surface area contributed by atoms with Gasteiger partial charge >= 0.3 is 0 Å². The van der Waals surface area contributed by atoms with E-state index in [0.717, 1.165) is 11.3 Å². The Labute approximate surface area is 124 Å². The lowest BCUT2D eigenvalue weighted by Gasteiger charge is -2.13. The van der Waals surface area contributed by atoms with Gasteiger partial charge in [-0.1, -0.05) is 32.0 Å². The maximum absolute atomic E-state index is 11.9. The zero-order valence-corrected chi connectivity index (χ0v) is 12.2. The molecule has 0 radical (unpaired) electrons. The van der Waals surface area contributed by atoms with Crippen LogP contribution in [0.3, 0.4) is 0 Å². The molecule has 110 valence electrons. The fourth-order valence-electron chi connectivity index (χ4n) is 1.97. The maximum atomic E-state index is 11.9. The van der Waals surface area contributed by atoms with Gasteiger partial charge in [-0.25, -0.2) is 0 Å². The molecule has 2 aromatic carbocycles. The highest BCUT2D eigenvalue weighted by atomic mass is 16.5. The summed E-state index contributed by atoms with van der Waals surface area (Å²) >= 11 is 0. The SMILES string of the molecule is CC(C)c1ccccc1OCC(=O)Nc1ccc(O)cc1. The first-order valence-corrected chi connectivity index (χ1v) is 6.87. The van der Waals surface area contributed by atoms with Gasteiger partial charge in [-0.3, -0.25) is 4.79 Å². The normalized spacial score (nSPS) is 10.4. The number of para-hydroxylation sites is 1. The van der Waals surface area contributed by atoms with Crippen molar-refractivity contribution in [3.05, 3.63) is 54.1 Å².